The minimum atomic E-state index is -0.466. The minimum Gasteiger partial charge on any atom is -0.473 e. The van der Waals surface area contributed by atoms with E-state index in [1.165, 1.54) is 0 Å². The highest BCUT2D eigenvalue weighted by atomic mass is 16.5. The van der Waals surface area contributed by atoms with Crippen LogP contribution >= 0.6 is 0 Å². The van der Waals surface area contributed by atoms with E-state index in [2.05, 4.69) is 46.5 Å². The number of hydrogen-bond donors (Lipinski definition) is 1. The number of aryl methyl sites for hydroxylation is 1. The molecule has 1 aromatic carbocycles. The van der Waals surface area contributed by atoms with E-state index in [1.54, 1.807) is 4.68 Å². The van der Waals surface area contributed by atoms with Crippen LogP contribution in [0.25, 0.3) is 28.7 Å². The van der Waals surface area contributed by atoms with Crippen LogP contribution in [-0.4, -0.2) is 83.8 Å². The molecule has 0 radical (unpaired) electrons. The number of ether oxygens (including phenoxy) is 2. The van der Waals surface area contributed by atoms with Gasteiger partial charge >= 0.3 is 0 Å². The first-order valence-corrected chi connectivity index (χ1v) is 18.0. The fourth-order valence-electron chi connectivity index (χ4n) is 8.87. The number of fused-ring (bicyclic) bond motifs is 4. The lowest BCUT2D eigenvalue weighted by atomic mass is 9.68. The van der Waals surface area contributed by atoms with Crippen molar-refractivity contribution in [2.45, 2.75) is 88.3 Å². The quantitative estimate of drug-likeness (QED) is 0.232. The fourth-order valence-corrected chi connectivity index (χ4v) is 8.87. The predicted octanol–water partition coefficient (Wildman–Crippen LogP) is 4.81. The lowest BCUT2D eigenvalue weighted by Crippen LogP contribution is -2.38. The summed E-state index contributed by atoms with van der Waals surface area (Å²) in [5, 5.41) is 28.5. The zero-order chi connectivity index (χ0) is 34.7. The van der Waals surface area contributed by atoms with E-state index in [0.717, 1.165) is 100.0 Å². The van der Waals surface area contributed by atoms with E-state index < -0.39 is 5.41 Å². The summed E-state index contributed by atoms with van der Waals surface area (Å²) in [6.45, 7) is 4.59. The highest BCUT2D eigenvalue weighted by Gasteiger charge is 2.49. The lowest BCUT2D eigenvalue weighted by Gasteiger charge is -2.33. The van der Waals surface area contributed by atoms with Crippen LogP contribution in [0.4, 0.5) is 5.69 Å². The molecule has 2 aliphatic carbocycles. The van der Waals surface area contributed by atoms with Gasteiger partial charge in [-0.3, -0.25) is 4.90 Å². The summed E-state index contributed by atoms with van der Waals surface area (Å²) in [5.41, 5.74) is 12.0. The maximum Gasteiger partial charge on any atom is 0.219 e. The maximum absolute atomic E-state index is 10.2. The Morgan fingerprint density at radius 2 is 1.96 bits per heavy atom. The van der Waals surface area contributed by atoms with Crippen LogP contribution in [0.1, 0.15) is 85.9 Å². The number of benzene rings is 1. The molecule has 14 heteroatoms. The topological polar surface area (TPSA) is 172 Å². The summed E-state index contributed by atoms with van der Waals surface area (Å²) in [5.74, 6) is 2.18. The van der Waals surface area contributed by atoms with E-state index >= 15 is 0 Å². The Bertz CT molecular complexity index is 2140. The molecule has 3 atom stereocenters. The van der Waals surface area contributed by atoms with Crippen LogP contribution in [0.3, 0.4) is 0 Å². The highest BCUT2D eigenvalue weighted by Crippen LogP contribution is 2.54. The number of anilines is 1. The standard InChI is InChI=1S/C37H41N11O3/c1-22(30-6-4-15-46(30)2)50-32-19-31(47-16-10-28(43-47)29-21-48(45-42-29)24-11-17-49-18-12-24)40-36(41-32)34-25-5-3-13-37(35(25)51-44-34)14-9-23-7-8-27(39)26(20-38)33(23)37/h7-8,10,16,19,21-22,24,30H,3-6,9,11-15,17-18,39H2,1-2H3/t22-,30-,37-/m0/s1. The Morgan fingerprint density at radius 3 is 2.78 bits per heavy atom. The Balaban J connectivity index is 1.10. The van der Waals surface area contributed by atoms with E-state index in [0.29, 0.717) is 45.9 Å². The SMILES string of the molecule is C[C@H](Oc1cc(-n2ccc(-c3cn(C4CCOCC4)nn3)n2)nc(-c2noc3c2CCC[C@@]32CCc3ccc(N)c(C#N)c32)n1)[C@@H]1CCCN1C. The van der Waals surface area contributed by atoms with Gasteiger partial charge in [-0.05, 0) is 102 Å². The number of nitrogen functional groups attached to an aromatic ring is 1. The molecule has 9 rings (SSSR count). The molecule has 0 unspecified atom stereocenters. The number of nitrogens with zero attached hydrogens (tertiary/aromatic N) is 10. The van der Waals surface area contributed by atoms with E-state index in [1.807, 2.05) is 35.3 Å². The molecule has 4 aliphatic rings. The molecule has 4 aromatic heterocycles. The second-order valence-corrected chi connectivity index (χ2v) is 14.4. The molecule has 1 spiro atoms. The predicted molar refractivity (Wildman–Crippen MR) is 186 cm³/mol. The second kappa shape index (κ2) is 12.6. The smallest absolute Gasteiger partial charge is 0.219 e. The van der Waals surface area contributed by atoms with Crippen molar-refractivity contribution >= 4 is 5.69 Å². The van der Waals surface area contributed by atoms with Gasteiger partial charge in [0.15, 0.2) is 23.1 Å². The molecule has 6 heterocycles. The van der Waals surface area contributed by atoms with Crippen LogP contribution in [0.2, 0.25) is 0 Å². The maximum atomic E-state index is 10.2. The Kier molecular flexibility index (Phi) is 7.85. The molecule has 0 bridgehead atoms. The second-order valence-electron chi connectivity index (χ2n) is 14.4. The highest BCUT2D eigenvalue weighted by molar-refractivity contribution is 5.68. The van der Waals surface area contributed by atoms with Crippen LogP contribution in [0.15, 0.2) is 41.2 Å². The summed E-state index contributed by atoms with van der Waals surface area (Å²) >= 11 is 0. The van der Waals surface area contributed by atoms with Gasteiger partial charge in [0.05, 0.1) is 23.2 Å². The Labute approximate surface area is 295 Å². The van der Waals surface area contributed by atoms with E-state index in [-0.39, 0.29) is 18.2 Å². The van der Waals surface area contributed by atoms with Crippen molar-refractivity contribution < 1.29 is 14.0 Å². The molecule has 2 aliphatic heterocycles. The first-order valence-electron chi connectivity index (χ1n) is 18.0. The van der Waals surface area contributed by atoms with Gasteiger partial charge in [-0.25, -0.2) is 14.3 Å². The van der Waals surface area contributed by atoms with Crippen molar-refractivity contribution in [3.05, 3.63) is 64.7 Å². The molecule has 2 fully saturated rings. The van der Waals surface area contributed by atoms with Gasteiger partial charge in [0, 0.05) is 42.8 Å². The van der Waals surface area contributed by atoms with Crippen molar-refractivity contribution in [2.75, 3.05) is 32.5 Å². The van der Waals surface area contributed by atoms with Gasteiger partial charge < -0.3 is 19.7 Å². The number of likely N-dealkylation sites (tertiary alicyclic amines) is 1. The van der Waals surface area contributed by atoms with E-state index in [4.69, 9.17) is 34.8 Å². The van der Waals surface area contributed by atoms with Gasteiger partial charge in [0.2, 0.25) is 5.88 Å². The van der Waals surface area contributed by atoms with Gasteiger partial charge in [-0.1, -0.05) is 16.4 Å². The Hall–Kier alpha value is -5.13. The summed E-state index contributed by atoms with van der Waals surface area (Å²) < 4.78 is 22.0. The fraction of sp³-hybridized carbons (Fsp3) is 0.486. The number of rotatable bonds is 7. The number of nitriles is 1. The summed E-state index contributed by atoms with van der Waals surface area (Å²) in [4.78, 5) is 12.3. The zero-order valence-corrected chi connectivity index (χ0v) is 29.0. The van der Waals surface area contributed by atoms with Gasteiger partial charge in [0.1, 0.15) is 23.6 Å². The van der Waals surface area contributed by atoms with Gasteiger partial charge in [-0.15, -0.1) is 5.10 Å². The molecular formula is C37H41N11O3. The Morgan fingerprint density at radius 1 is 1.08 bits per heavy atom. The molecule has 2 saturated heterocycles. The minimum absolute atomic E-state index is 0.0964. The summed E-state index contributed by atoms with van der Waals surface area (Å²) in [6, 6.07) is 10.6. The van der Waals surface area contributed by atoms with Crippen molar-refractivity contribution in [1.29, 1.82) is 5.26 Å². The first kappa shape index (κ1) is 31.8. The number of aromatic nitrogens is 8. The van der Waals surface area contributed by atoms with Crippen molar-refractivity contribution in [2.24, 2.45) is 0 Å². The van der Waals surface area contributed by atoms with Crippen LogP contribution in [-0.2, 0) is 23.0 Å². The molecule has 2 N–H and O–H groups in total. The van der Waals surface area contributed by atoms with Gasteiger partial charge in [0.25, 0.3) is 0 Å². The molecule has 51 heavy (non-hydrogen) atoms. The number of likely N-dealkylation sites (N-methyl/N-ethyl adjacent to an activating group) is 1. The third-order valence-electron chi connectivity index (χ3n) is 11.5. The molecule has 14 nitrogen and oxygen atoms in total. The van der Waals surface area contributed by atoms with Crippen LogP contribution in [0, 0.1) is 11.3 Å². The zero-order valence-electron chi connectivity index (χ0n) is 29.0. The van der Waals surface area contributed by atoms with Crippen LogP contribution < -0.4 is 10.5 Å². The molecular weight excluding hydrogens is 646 g/mol. The van der Waals surface area contributed by atoms with Gasteiger partial charge in [-0.2, -0.15) is 15.3 Å². The van der Waals surface area contributed by atoms with Crippen molar-refractivity contribution in [3.63, 3.8) is 0 Å². The van der Waals surface area contributed by atoms with E-state index in [9.17, 15) is 5.26 Å². The summed E-state index contributed by atoms with van der Waals surface area (Å²) in [6.07, 6.45) is 11.9. The first-order chi connectivity index (χ1) is 24.9. The number of nitrogens with two attached hydrogens (primary N) is 1. The van der Waals surface area contributed by atoms with Crippen molar-refractivity contribution in [1.82, 2.24) is 44.8 Å². The normalized spacial score (nSPS) is 22.6. The lowest BCUT2D eigenvalue weighted by molar-refractivity contribution is 0.0657. The monoisotopic (exact) mass is 687 g/mol. The average Bonchev–Trinajstić information content (AvgIpc) is 3.99. The number of hydrogen-bond acceptors (Lipinski definition) is 12. The largest absolute Gasteiger partial charge is 0.473 e. The van der Waals surface area contributed by atoms with Crippen LogP contribution in [0.5, 0.6) is 5.88 Å². The molecule has 0 amide bonds. The molecule has 262 valence electrons. The van der Waals surface area contributed by atoms with Crippen molar-refractivity contribution in [3.8, 4) is 40.7 Å². The molecule has 5 aromatic rings. The summed E-state index contributed by atoms with van der Waals surface area (Å²) in [7, 11) is 2.14. The molecule has 0 saturated carbocycles. The third kappa shape index (κ3) is 5.37. The average molecular weight is 688 g/mol. The third-order valence-corrected chi connectivity index (χ3v) is 11.5.